The summed E-state index contributed by atoms with van der Waals surface area (Å²) in [5, 5.41) is 0. The Morgan fingerprint density at radius 2 is 1.71 bits per heavy atom. The number of sulfonamides is 1. The van der Waals surface area contributed by atoms with Crippen molar-refractivity contribution in [3.05, 3.63) is 83.7 Å². The fourth-order valence-corrected chi connectivity index (χ4v) is 3.84. The van der Waals surface area contributed by atoms with Crippen LogP contribution in [-0.4, -0.2) is 18.0 Å². The lowest BCUT2D eigenvalue weighted by Crippen LogP contribution is -2.31. The summed E-state index contributed by atoms with van der Waals surface area (Å²) >= 11 is 0. The van der Waals surface area contributed by atoms with Gasteiger partial charge in [-0.1, -0.05) is 18.2 Å². The van der Waals surface area contributed by atoms with Crippen LogP contribution in [0.1, 0.15) is 23.0 Å². The zero-order chi connectivity index (χ0) is 20.5. The molecule has 0 spiro atoms. The van der Waals surface area contributed by atoms with Gasteiger partial charge in [-0.25, -0.2) is 17.8 Å². The SMILES string of the molecule is Cn1ccnc1C(NS(=O)(=O)c1ccc(C(F)(F)F)cc1)c1ccccc1F. The summed E-state index contributed by atoms with van der Waals surface area (Å²) in [6, 6.07) is 7.46. The molecule has 0 saturated carbocycles. The number of aromatic nitrogens is 2. The van der Waals surface area contributed by atoms with E-state index in [1.165, 1.54) is 29.0 Å². The summed E-state index contributed by atoms with van der Waals surface area (Å²) in [6.07, 6.45) is -1.59. The molecule has 148 valence electrons. The van der Waals surface area contributed by atoms with E-state index in [9.17, 15) is 26.0 Å². The second-order valence-electron chi connectivity index (χ2n) is 5.99. The average molecular weight is 413 g/mol. The Labute approximate surface area is 158 Å². The molecule has 28 heavy (non-hydrogen) atoms. The summed E-state index contributed by atoms with van der Waals surface area (Å²) in [7, 11) is -2.65. The van der Waals surface area contributed by atoms with Crippen molar-refractivity contribution in [2.45, 2.75) is 17.1 Å². The third kappa shape index (κ3) is 4.07. The zero-order valence-electron chi connectivity index (χ0n) is 14.5. The Morgan fingerprint density at radius 3 is 2.25 bits per heavy atom. The molecular formula is C18H15F4N3O2S. The van der Waals surface area contributed by atoms with Crippen LogP contribution in [0.3, 0.4) is 0 Å². The molecule has 0 aliphatic rings. The van der Waals surface area contributed by atoms with Gasteiger partial charge in [-0.2, -0.15) is 17.9 Å². The quantitative estimate of drug-likeness (QED) is 0.650. The molecule has 3 rings (SSSR count). The van der Waals surface area contributed by atoms with Crippen LogP contribution in [0.2, 0.25) is 0 Å². The summed E-state index contributed by atoms with van der Waals surface area (Å²) < 4.78 is 81.8. The van der Waals surface area contributed by atoms with Gasteiger partial charge < -0.3 is 4.57 Å². The number of benzene rings is 2. The lowest BCUT2D eigenvalue weighted by molar-refractivity contribution is -0.137. The van der Waals surface area contributed by atoms with E-state index >= 15 is 0 Å². The van der Waals surface area contributed by atoms with Gasteiger partial charge in [0.25, 0.3) is 0 Å². The van der Waals surface area contributed by atoms with Crippen molar-refractivity contribution in [2.75, 3.05) is 0 Å². The standard InChI is InChI=1S/C18H15F4N3O2S/c1-25-11-10-23-17(25)16(14-4-2-3-5-15(14)19)24-28(26,27)13-8-6-12(7-9-13)18(20,21)22/h2-11,16,24H,1H3. The van der Waals surface area contributed by atoms with E-state index in [4.69, 9.17) is 0 Å². The topological polar surface area (TPSA) is 64.0 Å². The maximum absolute atomic E-state index is 14.3. The summed E-state index contributed by atoms with van der Waals surface area (Å²) in [5.41, 5.74) is -0.937. The lowest BCUT2D eigenvalue weighted by atomic mass is 10.1. The van der Waals surface area contributed by atoms with E-state index in [0.717, 1.165) is 12.1 Å². The number of imidazole rings is 1. The van der Waals surface area contributed by atoms with Crippen molar-refractivity contribution >= 4 is 10.0 Å². The summed E-state index contributed by atoms with van der Waals surface area (Å²) in [4.78, 5) is 3.70. The molecule has 1 unspecified atom stereocenters. The van der Waals surface area contributed by atoms with E-state index in [2.05, 4.69) is 9.71 Å². The van der Waals surface area contributed by atoms with Crippen LogP contribution in [-0.2, 0) is 23.2 Å². The van der Waals surface area contributed by atoms with Crippen molar-refractivity contribution in [2.24, 2.45) is 7.05 Å². The first-order valence-electron chi connectivity index (χ1n) is 8.01. The fourth-order valence-electron chi connectivity index (χ4n) is 2.67. The molecule has 1 atom stereocenters. The maximum Gasteiger partial charge on any atom is 0.416 e. The molecule has 0 saturated heterocycles. The minimum absolute atomic E-state index is 0.0345. The van der Waals surface area contributed by atoms with E-state index in [1.54, 1.807) is 19.3 Å². The van der Waals surface area contributed by atoms with Crippen molar-refractivity contribution in [3.63, 3.8) is 0 Å². The Morgan fingerprint density at radius 1 is 1.07 bits per heavy atom. The average Bonchev–Trinajstić information content (AvgIpc) is 3.06. The van der Waals surface area contributed by atoms with Gasteiger partial charge in [-0.05, 0) is 30.3 Å². The molecule has 1 N–H and O–H groups in total. The summed E-state index contributed by atoms with van der Waals surface area (Å²) in [6.45, 7) is 0. The second kappa shape index (κ2) is 7.36. The molecule has 5 nitrogen and oxygen atoms in total. The van der Waals surface area contributed by atoms with Crippen LogP contribution >= 0.6 is 0 Å². The highest BCUT2D eigenvalue weighted by atomic mass is 32.2. The molecule has 0 fully saturated rings. The highest BCUT2D eigenvalue weighted by Crippen LogP contribution is 2.30. The number of halogens is 4. The molecule has 0 aliphatic heterocycles. The van der Waals surface area contributed by atoms with Crippen molar-refractivity contribution in [1.29, 1.82) is 0 Å². The predicted molar refractivity (Wildman–Crippen MR) is 93.2 cm³/mol. The van der Waals surface area contributed by atoms with Crippen LogP contribution in [0, 0.1) is 5.82 Å². The largest absolute Gasteiger partial charge is 0.416 e. The molecule has 0 amide bonds. The maximum atomic E-state index is 14.3. The Balaban J connectivity index is 2.01. The van der Waals surface area contributed by atoms with Gasteiger partial charge >= 0.3 is 6.18 Å². The number of aryl methyl sites for hydroxylation is 1. The minimum Gasteiger partial charge on any atom is -0.336 e. The molecule has 1 heterocycles. The lowest BCUT2D eigenvalue weighted by Gasteiger charge is -2.20. The van der Waals surface area contributed by atoms with Crippen molar-refractivity contribution in [3.8, 4) is 0 Å². The van der Waals surface area contributed by atoms with E-state index < -0.39 is 33.6 Å². The molecule has 0 aliphatic carbocycles. The fraction of sp³-hybridized carbons (Fsp3) is 0.167. The third-order valence-corrected chi connectivity index (χ3v) is 5.54. The number of rotatable bonds is 5. The number of hydrogen-bond donors (Lipinski definition) is 1. The number of alkyl halides is 3. The highest BCUT2D eigenvalue weighted by Gasteiger charge is 2.32. The monoisotopic (exact) mass is 413 g/mol. The van der Waals surface area contributed by atoms with Gasteiger partial charge in [0.05, 0.1) is 10.5 Å². The summed E-state index contributed by atoms with van der Waals surface area (Å²) in [5.74, 6) is -0.425. The third-order valence-electron chi connectivity index (χ3n) is 4.10. The van der Waals surface area contributed by atoms with Crippen LogP contribution < -0.4 is 4.72 Å². The number of nitrogens with one attached hydrogen (secondary N) is 1. The molecule has 2 aromatic carbocycles. The first-order chi connectivity index (χ1) is 13.1. The van der Waals surface area contributed by atoms with E-state index in [1.807, 2.05) is 0 Å². The second-order valence-corrected chi connectivity index (χ2v) is 7.71. The van der Waals surface area contributed by atoms with Gasteiger partial charge in [0.15, 0.2) is 0 Å². The van der Waals surface area contributed by atoms with Crippen LogP contribution in [0.5, 0.6) is 0 Å². The zero-order valence-corrected chi connectivity index (χ0v) is 15.3. The van der Waals surface area contributed by atoms with E-state index in [0.29, 0.717) is 12.1 Å². The van der Waals surface area contributed by atoms with Gasteiger partial charge in [-0.3, -0.25) is 0 Å². The van der Waals surface area contributed by atoms with Crippen molar-refractivity contribution in [1.82, 2.24) is 14.3 Å². The van der Waals surface area contributed by atoms with Gasteiger partial charge in [0.2, 0.25) is 10.0 Å². The van der Waals surface area contributed by atoms with E-state index in [-0.39, 0.29) is 16.3 Å². The first-order valence-corrected chi connectivity index (χ1v) is 9.49. The Kier molecular flexibility index (Phi) is 5.26. The molecular weight excluding hydrogens is 398 g/mol. The van der Waals surface area contributed by atoms with Crippen LogP contribution in [0.15, 0.2) is 65.8 Å². The molecule has 0 radical (unpaired) electrons. The molecule has 3 aromatic rings. The highest BCUT2D eigenvalue weighted by molar-refractivity contribution is 7.89. The van der Waals surface area contributed by atoms with Gasteiger partial charge in [0, 0.05) is 25.0 Å². The molecule has 10 heteroatoms. The van der Waals surface area contributed by atoms with Gasteiger partial charge in [-0.15, -0.1) is 0 Å². The first kappa shape index (κ1) is 20.0. The minimum atomic E-state index is -4.58. The predicted octanol–water partition coefficient (Wildman–Crippen LogP) is 3.65. The number of nitrogens with zero attached hydrogens (tertiary/aromatic N) is 2. The molecule has 0 bridgehead atoms. The molecule has 1 aromatic heterocycles. The van der Waals surface area contributed by atoms with Crippen LogP contribution in [0.25, 0.3) is 0 Å². The Hall–Kier alpha value is -2.72. The van der Waals surface area contributed by atoms with Crippen LogP contribution in [0.4, 0.5) is 17.6 Å². The normalized spacial score (nSPS) is 13.5. The smallest absolute Gasteiger partial charge is 0.336 e. The van der Waals surface area contributed by atoms with Gasteiger partial charge in [0.1, 0.15) is 17.7 Å². The van der Waals surface area contributed by atoms with Crippen molar-refractivity contribution < 1.29 is 26.0 Å². The number of hydrogen-bond acceptors (Lipinski definition) is 3. The Bertz CT molecular complexity index is 1080.